The molecule has 2 bridgehead atoms. The van der Waals surface area contributed by atoms with Crippen LogP contribution >= 0.6 is 0 Å². The standard InChI is InChI=1S/C24H33F2NO4/c1-5-6-19(28)27-21-23(2,3)15-12-16-20(30-10-9-24(16,21)13-15)14-7-8-17(31-22(25)26)18(11-14)29-4/h7-8,11,15-16,20-22H,5-6,9-10,12-13H2,1-4H3,(H,27,28)/t15-,16-,20-,21-,24?/m1/s1. The molecule has 2 aliphatic carbocycles. The molecular formula is C24H33F2NO4. The van der Waals surface area contributed by atoms with E-state index in [1.54, 1.807) is 12.1 Å². The largest absolute Gasteiger partial charge is 0.493 e. The lowest BCUT2D eigenvalue weighted by Gasteiger charge is -2.53. The molecule has 1 N–H and O–H groups in total. The van der Waals surface area contributed by atoms with Crippen LogP contribution in [0.3, 0.4) is 0 Å². The van der Waals surface area contributed by atoms with E-state index in [1.807, 2.05) is 6.92 Å². The molecule has 1 amide bonds. The maximum Gasteiger partial charge on any atom is 0.387 e. The number of nitrogens with one attached hydrogen (secondary N) is 1. The molecule has 2 saturated carbocycles. The summed E-state index contributed by atoms with van der Waals surface area (Å²) in [5, 5.41) is 3.39. The van der Waals surface area contributed by atoms with Crippen LogP contribution in [0.15, 0.2) is 18.2 Å². The van der Waals surface area contributed by atoms with Crippen molar-refractivity contribution in [2.75, 3.05) is 13.7 Å². The van der Waals surface area contributed by atoms with Gasteiger partial charge < -0.3 is 19.5 Å². The zero-order valence-corrected chi connectivity index (χ0v) is 18.8. The highest BCUT2D eigenvalue weighted by Crippen LogP contribution is 2.70. The summed E-state index contributed by atoms with van der Waals surface area (Å²) in [7, 11) is 1.44. The average Bonchev–Trinajstić information content (AvgIpc) is 3.20. The summed E-state index contributed by atoms with van der Waals surface area (Å²) < 4.78 is 41.6. The summed E-state index contributed by atoms with van der Waals surface area (Å²) in [6.45, 7) is 4.29. The highest BCUT2D eigenvalue weighted by molar-refractivity contribution is 5.76. The van der Waals surface area contributed by atoms with E-state index in [4.69, 9.17) is 9.47 Å². The number of fused-ring (bicyclic) bond motifs is 1. The van der Waals surface area contributed by atoms with Crippen molar-refractivity contribution < 1.29 is 27.8 Å². The van der Waals surface area contributed by atoms with Crippen molar-refractivity contribution in [3.05, 3.63) is 23.8 Å². The minimum Gasteiger partial charge on any atom is -0.493 e. The van der Waals surface area contributed by atoms with Crippen LogP contribution in [0.4, 0.5) is 8.78 Å². The molecular weight excluding hydrogens is 404 g/mol. The van der Waals surface area contributed by atoms with E-state index in [2.05, 4.69) is 23.9 Å². The van der Waals surface area contributed by atoms with Gasteiger partial charge in [0.1, 0.15) is 0 Å². The number of ether oxygens (including phenoxy) is 3. The molecule has 1 unspecified atom stereocenters. The topological polar surface area (TPSA) is 56.8 Å². The van der Waals surface area contributed by atoms with E-state index in [-0.39, 0.29) is 46.3 Å². The molecule has 1 spiro atoms. The van der Waals surface area contributed by atoms with Gasteiger partial charge in [-0.15, -0.1) is 0 Å². The second kappa shape index (κ2) is 8.23. The van der Waals surface area contributed by atoms with Gasteiger partial charge in [-0.05, 0) is 66.0 Å². The quantitative estimate of drug-likeness (QED) is 0.645. The number of carbonyl (C=O) groups excluding carboxylic acids is 1. The molecule has 4 rings (SSSR count). The third-order valence-electron chi connectivity index (χ3n) is 8.02. The van der Waals surface area contributed by atoms with E-state index in [1.165, 1.54) is 13.2 Å². The van der Waals surface area contributed by atoms with Gasteiger partial charge in [0.25, 0.3) is 0 Å². The lowest BCUT2D eigenvalue weighted by molar-refractivity contribution is -0.137. The molecule has 1 saturated heterocycles. The average molecular weight is 438 g/mol. The molecule has 5 atom stereocenters. The molecule has 5 nitrogen and oxygen atoms in total. The third-order valence-corrected chi connectivity index (χ3v) is 8.02. The van der Waals surface area contributed by atoms with Crippen LogP contribution in [-0.2, 0) is 9.53 Å². The Morgan fingerprint density at radius 3 is 2.77 bits per heavy atom. The SMILES string of the molecule is CCCC(=O)N[C@@H]1C(C)(C)[C@@H]2C[C@@H]3[C@@H](c4ccc(OC(F)F)c(OC)c4)OCCC31C2. The summed E-state index contributed by atoms with van der Waals surface area (Å²) in [6, 6.07) is 5.19. The second-order valence-electron chi connectivity index (χ2n) is 9.88. The predicted octanol–water partition coefficient (Wildman–Crippen LogP) is 5.10. The lowest BCUT2D eigenvalue weighted by Crippen LogP contribution is -2.58. The molecule has 1 heterocycles. The predicted molar refractivity (Wildman–Crippen MR) is 112 cm³/mol. The number of alkyl halides is 2. The Bertz CT molecular complexity index is 830. The fourth-order valence-corrected chi connectivity index (χ4v) is 6.63. The van der Waals surface area contributed by atoms with E-state index in [0.717, 1.165) is 31.2 Å². The number of methoxy groups -OCH3 is 1. The molecule has 3 fully saturated rings. The molecule has 7 heteroatoms. The number of hydrogen-bond acceptors (Lipinski definition) is 4. The van der Waals surface area contributed by atoms with Gasteiger partial charge in [-0.3, -0.25) is 4.79 Å². The molecule has 1 aromatic carbocycles. The van der Waals surface area contributed by atoms with Gasteiger partial charge in [-0.1, -0.05) is 26.8 Å². The van der Waals surface area contributed by atoms with Crippen LogP contribution in [-0.4, -0.2) is 32.3 Å². The Morgan fingerprint density at radius 1 is 1.32 bits per heavy atom. The van der Waals surface area contributed by atoms with Gasteiger partial charge in [-0.25, -0.2) is 0 Å². The van der Waals surface area contributed by atoms with Gasteiger partial charge in [-0.2, -0.15) is 8.78 Å². The first-order chi connectivity index (χ1) is 14.7. The molecule has 1 aliphatic heterocycles. The Balaban J connectivity index is 1.64. The van der Waals surface area contributed by atoms with Crippen LogP contribution in [0.25, 0.3) is 0 Å². The summed E-state index contributed by atoms with van der Waals surface area (Å²) in [5.41, 5.74) is 0.937. The maximum atomic E-state index is 12.7. The van der Waals surface area contributed by atoms with Crippen molar-refractivity contribution >= 4 is 5.91 Å². The monoisotopic (exact) mass is 437 g/mol. The zero-order valence-electron chi connectivity index (χ0n) is 18.8. The minimum atomic E-state index is -2.91. The first kappa shape index (κ1) is 22.3. The van der Waals surface area contributed by atoms with Crippen molar-refractivity contribution in [2.45, 2.75) is 71.6 Å². The Labute approximate surface area is 182 Å². The molecule has 0 radical (unpaired) electrons. The number of amides is 1. The molecule has 3 aliphatic rings. The smallest absolute Gasteiger partial charge is 0.387 e. The maximum absolute atomic E-state index is 12.7. The van der Waals surface area contributed by atoms with Crippen LogP contribution in [0.1, 0.15) is 64.5 Å². The summed E-state index contributed by atoms with van der Waals surface area (Å²) in [5.74, 6) is 1.19. The van der Waals surface area contributed by atoms with Crippen molar-refractivity contribution in [3.8, 4) is 11.5 Å². The van der Waals surface area contributed by atoms with Gasteiger partial charge in [0.2, 0.25) is 5.91 Å². The van der Waals surface area contributed by atoms with Crippen LogP contribution in [0, 0.1) is 22.7 Å². The van der Waals surface area contributed by atoms with Gasteiger partial charge >= 0.3 is 6.61 Å². The van der Waals surface area contributed by atoms with Gasteiger partial charge in [0.05, 0.1) is 13.2 Å². The Hall–Kier alpha value is -1.89. The first-order valence-electron chi connectivity index (χ1n) is 11.3. The summed E-state index contributed by atoms with van der Waals surface area (Å²) in [6.07, 6.45) is 4.27. The number of hydrogen-bond donors (Lipinski definition) is 1. The second-order valence-corrected chi connectivity index (χ2v) is 9.88. The van der Waals surface area contributed by atoms with Gasteiger partial charge in [0, 0.05) is 19.1 Å². The normalized spacial score (nSPS) is 33.3. The van der Waals surface area contributed by atoms with Crippen LogP contribution in [0.5, 0.6) is 11.5 Å². The van der Waals surface area contributed by atoms with Crippen molar-refractivity contribution in [3.63, 3.8) is 0 Å². The van der Waals surface area contributed by atoms with Crippen LogP contribution < -0.4 is 14.8 Å². The third kappa shape index (κ3) is 3.69. The molecule has 1 aromatic rings. The van der Waals surface area contributed by atoms with Gasteiger partial charge in [0.15, 0.2) is 11.5 Å². The minimum absolute atomic E-state index is 0.00807. The number of halogens is 2. The van der Waals surface area contributed by atoms with E-state index < -0.39 is 6.61 Å². The van der Waals surface area contributed by atoms with Crippen LogP contribution in [0.2, 0.25) is 0 Å². The fourth-order valence-electron chi connectivity index (χ4n) is 6.63. The summed E-state index contributed by atoms with van der Waals surface area (Å²) in [4.78, 5) is 12.6. The van der Waals surface area contributed by atoms with E-state index >= 15 is 0 Å². The molecule has 0 aromatic heterocycles. The Kier molecular flexibility index (Phi) is 5.92. The number of rotatable bonds is 7. The highest BCUT2D eigenvalue weighted by Gasteiger charge is 2.68. The fraction of sp³-hybridized carbons (Fsp3) is 0.708. The van der Waals surface area contributed by atoms with Crippen molar-refractivity contribution in [1.82, 2.24) is 5.32 Å². The van der Waals surface area contributed by atoms with E-state index in [9.17, 15) is 13.6 Å². The summed E-state index contributed by atoms with van der Waals surface area (Å²) >= 11 is 0. The first-order valence-corrected chi connectivity index (χ1v) is 11.3. The van der Waals surface area contributed by atoms with Crippen molar-refractivity contribution in [1.29, 1.82) is 0 Å². The van der Waals surface area contributed by atoms with E-state index in [0.29, 0.717) is 18.9 Å². The Morgan fingerprint density at radius 2 is 2.10 bits per heavy atom. The van der Waals surface area contributed by atoms with Crippen molar-refractivity contribution in [2.24, 2.45) is 22.7 Å². The highest BCUT2D eigenvalue weighted by atomic mass is 19.3. The molecule has 172 valence electrons. The number of benzene rings is 1. The lowest BCUT2D eigenvalue weighted by atomic mass is 9.59. The zero-order chi connectivity index (χ0) is 22.4. The molecule has 31 heavy (non-hydrogen) atoms. The number of carbonyl (C=O) groups is 1.